The molecule has 0 saturated carbocycles. The number of nitrogens with zero attached hydrogens (tertiary/aromatic N) is 2. The summed E-state index contributed by atoms with van der Waals surface area (Å²) in [5, 5.41) is 9.83. The highest BCUT2D eigenvalue weighted by Gasteiger charge is 2.08. The Hall–Kier alpha value is -2.11. The molecule has 78 valence electrons. The molecule has 0 saturated heterocycles. The van der Waals surface area contributed by atoms with Crippen LogP contribution in [0.1, 0.15) is 11.5 Å². The van der Waals surface area contributed by atoms with Crippen molar-refractivity contribution in [2.75, 3.05) is 5.32 Å². The molecular weight excluding hydrogens is 198 g/mol. The molecule has 0 unspecified atom stereocenters. The zero-order valence-electron chi connectivity index (χ0n) is 8.06. The van der Waals surface area contributed by atoms with Crippen molar-refractivity contribution in [1.29, 1.82) is 0 Å². The van der Waals surface area contributed by atoms with Gasteiger partial charge in [0.25, 0.3) is 0 Å². The van der Waals surface area contributed by atoms with Gasteiger partial charge in [-0.25, -0.2) is 0 Å². The van der Waals surface area contributed by atoms with Crippen molar-refractivity contribution in [3.05, 3.63) is 29.9 Å². The van der Waals surface area contributed by atoms with Crippen LogP contribution in [0, 0.1) is 6.92 Å². The van der Waals surface area contributed by atoms with Crippen molar-refractivity contribution < 1.29 is 13.8 Å². The maximum Gasteiger partial charge on any atom is 0.231 e. The Kier molecular flexibility index (Phi) is 2.49. The summed E-state index contributed by atoms with van der Waals surface area (Å²) in [5.74, 6) is 0.838. The van der Waals surface area contributed by atoms with E-state index >= 15 is 0 Å². The lowest BCUT2D eigenvalue weighted by Crippen LogP contribution is -2.14. The molecular formula is C9H9N3O3. The number of hydrogen-bond acceptors (Lipinski definition) is 5. The van der Waals surface area contributed by atoms with Gasteiger partial charge in [-0.3, -0.25) is 4.79 Å². The lowest BCUT2D eigenvalue weighted by molar-refractivity contribution is -0.115. The fourth-order valence-corrected chi connectivity index (χ4v) is 1.11. The number of carbonyl (C=O) groups excluding carboxylic acids is 1. The highest BCUT2D eigenvalue weighted by molar-refractivity contribution is 5.91. The maximum atomic E-state index is 11.4. The zero-order valence-corrected chi connectivity index (χ0v) is 8.06. The molecule has 6 heteroatoms. The first-order valence-corrected chi connectivity index (χ1v) is 4.36. The number of amides is 1. The molecule has 0 aromatic carbocycles. The van der Waals surface area contributed by atoms with Gasteiger partial charge >= 0.3 is 0 Å². The van der Waals surface area contributed by atoms with E-state index in [0.717, 1.165) is 0 Å². The van der Waals surface area contributed by atoms with Crippen LogP contribution >= 0.6 is 0 Å². The van der Waals surface area contributed by atoms with Crippen LogP contribution in [0.25, 0.3) is 0 Å². The van der Waals surface area contributed by atoms with Crippen LogP contribution in [0.3, 0.4) is 0 Å². The molecule has 0 aliphatic heterocycles. The van der Waals surface area contributed by atoms with Crippen LogP contribution in [0.4, 0.5) is 5.82 Å². The summed E-state index contributed by atoms with van der Waals surface area (Å²) in [5.41, 5.74) is 0.577. The Bertz CT molecular complexity index is 447. The van der Waals surface area contributed by atoms with Crippen molar-refractivity contribution in [3.8, 4) is 0 Å². The molecule has 0 aliphatic rings. The van der Waals surface area contributed by atoms with Crippen LogP contribution in [-0.4, -0.2) is 16.2 Å². The van der Waals surface area contributed by atoms with Gasteiger partial charge in [0.1, 0.15) is 12.0 Å². The summed E-state index contributed by atoms with van der Waals surface area (Å²) >= 11 is 0. The second-order valence-electron chi connectivity index (χ2n) is 3.04. The second kappa shape index (κ2) is 3.95. The molecule has 0 spiro atoms. The van der Waals surface area contributed by atoms with Gasteiger partial charge in [0.15, 0.2) is 5.82 Å². The highest BCUT2D eigenvalue weighted by atomic mass is 16.5. The SMILES string of the molecule is Cc1cc(NC(=O)Cc2ccon2)no1. The summed E-state index contributed by atoms with van der Waals surface area (Å²) in [6.45, 7) is 1.75. The van der Waals surface area contributed by atoms with Crippen LogP contribution in [0.5, 0.6) is 0 Å². The number of hydrogen-bond donors (Lipinski definition) is 1. The van der Waals surface area contributed by atoms with E-state index in [4.69, 9.17) is 4.52 Å². The Morgan fingerprint density at radius 3 is 3.00 bits per heavy atom. The maximum absolute atomic E-state index is 11.4. The van der Waals surface area contributed by atoms with Crippen molar-refractivity contribution in [1.82, 2.24) is 10.3 Å². The minimum atomic E-state index is -0.211. The van der Waals surface area contributed by atoms with Gasteiger partial charge in [-0.1, -0.05) is 10.3 Å². The first kappa shape index (κ1) is 9.45. The van der Waals surface area contributed by atoms with E-state index in [2.05, 4.69) is 20.2 Å². The average Bonchev–Trinajstić information content (AvgIpc) is 2.77. The predicted molar refractivity (Wildman–Crippen MR) is 50.1 cm³/mol. The van der Waals surface area contributed by atoms with E-state index in [9.17, 15) is 4.79 Å². The number of aromatic nitrogens is 2. The molecule has 1 N–H and O–H groups in total. The van der Waals surface area contributed by atoms with Crippen molar-refractivity contribution >= 4 is 11.7 Å². The number of aryl methyl sites for hydroxylation is 1. The second-order valence-corrected chi connectivity index (χ2v) is 3.04. The van der Waals surface area contributed by atoms with E-state index in [1.54, 1.807) is 19.1 Å². The van der Waals surface area contributed by atoms with Crippen LogP contribution in [-0.2, 0) is 11.2 Å². The Morgan fingerprint density at radius 1 is 1.53 bits per heavy atom. The van der Waals surface area contributed by atoms with Gasteiger partial charge in [-0.05, 0) is 6.92 Å². The molecule has 0 aliphatic carbocycles. The zero-order chi connectivity index (χ0) is 10.7. The molecule has 15 heavy (non-hydrogen) atoms. The smallest absolute Gasteiger partial charge is 0.231 e. The van der Waals surface area contributed by atoms with Gasteiger partial charge in [0.05, 0.1) is 12.1 Å². The van der Waals surface area contributed by atoms with Crippen molar-refractivity contribution in [2.24, 2.45) is 0 Å². The molecule has 2 rings (SSSR count). The lowest BCUT2D eigenvalue weighted by Gasteiger charge is -1.96. The largest absolute Gasteiger partial charge is 0.364 e. The number of carbonyl (C=O) groups is 1. The van der Waals surface area contributed by atoms with Gasteiger partial charge in [-0.15, -0.1) is 0 Å². The number of rotatable bonds is 3. The molecule has 0 fully saturated rings. The fraction of sp³-hybridized carbons (Fsp3) is 0.222. The van der Waals surface area contributed by atoms with E-state index in [-0.39, 0.29) is 12.3 Å². The summed E-state index contributed by atoms with van der Waals surface area (Å²) in [6, 6.07) is 3.27. The summed E-state index contributed by atoms with van der Waals surface area (Å²) in [7, 11) is 0. The van der Waals surface area contributed by atoms with Gasteiger partial charge in [0.2, 0.25) is 5.91 Å². The monoisotopic (exact) mass is 207 g/mol. The Labute approximate surface area is 85.2 Å². The predicted octanol–water partition coefficient (Wildman–Crippen LogP) is 1.15. The first-order chi connectivity index (χ1) is 7.24. The summed E-state index contributed by atoms with van der Waals surface area (Å²) < 4.78 is 9.41. The third-order valence-electron chi connectivity index (χ3n) is 1.73. The minimum Gasteiger partial charge on any atom is -0.364 e. The van der Waals surface area contributed by atoms with Gasteiger partial charge in [0, 0.05) is 12.1 Å². The molecule has 0 radical (unpaired) electrons. The van der Waals surface area contributed by atoms with E-state index in [1.165, 1.54) is 6.26 Å². The normalized spacial score (nSPS) is 10.2. The molecule has 2 aromatic rings. The summed E-state index contributed by atoms with van der Waals surface area (Å²) in [4.78, 5) is 11.4. The van der Waals surface area contributed by atoms with Crippen molar-refractivity contribution in [3.63, 3.8) is 0 Å². The standard InChI is InChI=1S/C9H9N3O3/c1-6-4-8(12-15-6)10-9(13)5-7-2-3-14-11-7/h2-4H,5H2,1H3,(H,10,12,13). The molecule has 0 atom stereocenters. The van der Waals surface area contributed by atoms with Crippen molar-refractivity contribution in [2.45, 2.75) is 13.3 Å². The molecule has 1 amide bonds. The van der Waals surface area contributed by atoms with E-state index < -0.39 is 0 Å². The third-order valence-corrected chi connectivity index (χ3v) is 1.73. The quantitative estimate of drug-likeness (QED) is 0.816. The topological polar surface area (TPSA) is 81.2 Å². The fourth-order valence-electron chi connectivity index (χ4n) is 1.11. The molecule has 2 aromatic heterocycles. The number of nitrogens with one attached hydrogen (secondary N) is 1. The number of anilines is 1. The summed E-state index contributed by atoms with van der Waals surface area (Å²) in [6.07, 6.45) is 1.57. The Balaban J connectivity index is 1.93. The molecule has 0 bridgehead atoms. The third kappa shape index (κ3) is 2.43. The van der Waals surface area contributed by atoms with Crippen LogP contribution in [0.15, 0.2) is 27.4 Å². The van der Waals surface area contributed by atoms with Gasteiger partial charge < -0.3 is 14.4 Å². The lowest BCUT2D eigenvalue weighted by atomic mass is 10.3. The van der Waals surface area contributed by atoms with Crippen LogP contribution < -0.4 is 5.32 Å². The Morgan fingerprint density at radius 2 is 2.40 bits per heavy atom. The average molecular weight is 207 g/mol. The molecule has 6 nitrogen and oxygen atoms in total. The van der Waals surface area contributed by atoms with Crippen LogP contribution in [0.2, 0.25) is 0 Å². The van der Waals surface area contributed by atoms with Gasteiger partial charge in [-0.2, -0.15) is 0 Å². The first-order valence-electron chi connectivity index (χ1n) is 4.36. The highest BCUT2D eigenvalue weighted by Crippen LogP contribution is 2.07. The minimum absolute atomic E-state index is 0.155. The van der Waals surface area contributed by atoms with E-state index in [0.29, 0.717) is 17.3 Å². The molecule has 2 heterocycles. The van der Waals surface area contributed by atoms with E-state index in [1.807, 2.05) is 0 Å².